The first kappa shape index (κ1) is 12.2. The molecule has 0 saturated heterocycles. The summed E-state index contributed by atoms with van der Waals surface area (Å²) in [6.07, 6.45) is 1.60. The summed E-state index contributed by atoms with van der Waals surface area (Å²) in [5.74, 6) is -0.261. The predicted molar refractivity (Wildman–Crippen MR) is 67.0 cm³/mol. The van der Waals surface area contributed by atoms with Crippen molar-refractivity contribution < 1.29 is 4.79 Å². The lowest BCUT2D eigenvalue weighted by molar-refractivity contribution is -0.121. The summed E-state index contributed by atoms with van der Waals surface area (Å²) in [5, 5.41) is 16.1. The Morgan fingerprint density at radius 1 is 1.72 bits per heavy atom. The van der Waals surface area contributed by atoms with E-state index in [0.29, 0.717) is 0 Å². The third-order valence-electron chi connectivity index (χ3n) is 2.13. The van der Waals surface area contributed by atoms with E-state index in [1.807, 2.05) is 18.4 Å². The highest BCUT2D eigenvalue weighted by atomic mass is 32.1. The van der Waals surface area contributed by atoms with Gasteiger partial charge in [-0.2, -0.15) is 5.10 Å². The van der Waals surface area contributed by atoms with Crippen LogP contribution in [0.4, 0.5) is 5.95 Å². The Balaban J connectivity index is 1.87. The summed E-state index contributed by atoms with van der Waals surface area (Å²) in [7, 11) is 0. The lowest BCUT2D eigenvalue weighted by Crippen LogP contribution is -2.24. The summed E-state index contributed by atoms with van der Waals surface area (Å²) in [4.78, 5) is 12.5. The number of anilines is 1. The molecule has 2 rings (SSSR count). The number of nitrogen functional groups attached to an aromatic ring is 1. The van der Waals surface area contributed by atoms with Gasteiger partial charge in [-0.05, 0) is 34.4 Å². The highest BCUT2D eigenvalue weighted by Gasteiger charge is 2.06. The van der Waals surface area contributed by atoms with Crippen LogP contribution >= 0.6 is 11.3 Å². The smallest absolute Gasteiger partial charge is 0.261 e. The van der Waals surface area contributed by atoms with Gasteiger partial charge in [0.2, 0.25) is 5.95 Å². The van der Waals surface area contributed by atoms with E-state index in [1.165, 1.54) is 4.68 Å². The molecule has 2 aromatic heterocycles. The molecule has 9 heteroatoms. The van der Waals surface area contributed by atoms with Crippen LogP contribution in [0.2, 0.25) is 0 Å². The Morgan fingerprint density at radius 2 is 2.56 bits per heavy atom. The Bertz CT molecular complexity index is 573. The number of rotatable bonds is 4. The average molecular weight is 265 g/mol. The minimum absolute atomic E-state index is 0.0698. The predicted octanol–water partition coefficient (Wildman–Crippen LogP) is -0.224. The molecule has 0 aliphatic carbocycles. The van der Waals surface area contributed by atoms with Crippen molar-refractivity contribution in [2.45, 2.75) is 13.5 Å². The number of carbonyl (C=O) groups excluding carboxylic acids is 1. The van der Waals surface area contributed by atoms with Gasteiger partial charge >= 0.3 is 0 Å². The molecule has 0 unspecified atom stereocenters. The highest BCUT2D eigenvalue weighted by molar-refractivity contribution is 7.11. The Hall–Kier alpha value is -2.29. The van der Waals surface area contributed by atoms with Gasteiger partial charge in [-0.15, -0.1) is 11.3 Å². The molecule has 0 atom stereocenters. The number of amides is 1. The highest BCUT2D eigenvalue weighted by Crippen LogP contribution is 2.12. The van der Waals surface area contributed by atoms with E-state index in [-0.39, 0.29) is 18.4 Å². The molecule has 0 aliphatic heterocycles. The summed E-state index contributed by atoms with van der Waals surface area (Å²) in [6.45, 7) is 1.90. The lowest BCUT2D eigenvalue weighted by Gasteiger charge is -1.99. The van der Waals surface area contributed by atoms with E-state index >= 15 is 0 Å². The average Bonchev–Trinajstić information content (AvgIpc) is 2.90. The van der Waals surface area contributed by atoms with Gasteiger partial charge in [0.1, 0.15) is 6.54 Å². The molecule has 0 bridgehead atoms. The molecular formula is C9H11N7OS. The first-order chi connectivity index (χ1) is 8.66. The maximum Gasteiger partial charge on any atom is 0.261 e. The van der Waals surface area contributed by atoms with Gasteiger partial charge in [0.15, 0.2) is 0 Å². The number of aromatic nitrogens is 4. The van der Waals surface area contributed by atoms with Gasteiger partial charge in [-0.25, -0.2) is 10.1 Å². The molecule has 0 fully saturated rings. The van der Waals surface area contributed by atoms with Gasteiger partial charge in [0, 0.05) is 4.88 Å². The van der Waals surface area contributed by atoms with Crippen molar-refractivity contribution in [2.24, 2.45) is 5.10 Å². The monoisotopic (exact) mass is 265 g/mol. The Labute approximate surface area is 106 Å². The number of aryl methyl sites for hydroxylation is 1. The fourth-order valence-corrected chi connectivity index (χ4v) is 1.96. The SMILES string of the molecule is Cc1ccsc1C=NNC(=O)Cn1nnnc1N. The number of nitrogens with one attached hydrogen (secondary N) is 1. The van der Waals surface area contributed by atoms with Crippen LogP contribution in [0.15, 0.2) is 16.5 Å². The van der Waals surface area contributed by atoms with E-state index in [1.54, 1.807) is 17.6 Å². The van der Waals surface area contributed by atoms with Crippen LogP contribution in [0.1, 0.15) is 10.4 Å². The number of hydrazone groups is 1. The minimum Gasteiger partial charge on any atom is -0.367 e. The maximum absolute atomic E-state index is 11.5. The number of hydrogen-bond acceptors (Lipinski definition) is 7. The second kappa shape index (κ2) is 5.36. The summed E-state index contributed by atoms with van der Waals surface area (Å²) >= 11 is 1.55. The standard InChI is InChI=1S/C9H11N7OS/c1-6-2-3-18-7(6)4-11-12-8(17)5-16-9(10)13-14-15-16/h2-4H,5H2,1H3,(H,12,17)(H2,10,13,15). The van der Waals surface area contributed by atoms with Crippen molar-refractivity contribution in [3.63, 3.8) is 0 Å². The first-order valence-corrected chi connectivity index (χ1v) is 5.92. The van der Waals surface area contributed by atoms with Crippen LogP contribution in [-0.4, -0.2) is 32.3 Å². The summed E-state index contributed by atoms with van der Waals surface area (Å²) in [5.41, 5.74) is 8.92. The summed E-state index contributed by atoms with van der Waals surface area (Å²) < 4.78 is 1.18. The molecule has 94 valence electrons. The van der Waals surface area contributed by atoms with E-state index < -0.39 is 0 Å². The zero-order valence-electron chi connectivity index (χ0n) is 9.57. The normalized spacial score (nSPS) is 10.9. The molecule has 0 spiro atoms. The number of tetrazole rings is 1. The number of nitrogens with zero attached hydrogens (tertiary/aromatic N) is 5. The third kappa shape index (κ3) is 2.88. The molecule has 0 aromatic carbocycles. The van der Waals surface area contributed by atoms with Gasteiger partial charge in [0.05, 0.1) is 6.21 Å². The van der Waals surface area contributed by atoms with Crippen LogP contribution in [0.25, 0.3) is 0 Å². The molecular weight excluding hydrogens is 254 g/mol. The van der Waals surface area contributed by atoms with Gasteiger partial charge < -0.3 is 5.73 Å². The van der Waals surface area contributed by atoms with Crippen LogP contribution in [0, 0.1) is 6.92 Å². The zero-order valence-corrected chi connectivity index (χ0v) is 10.4. The van der Waals surface area contributed by atoms with Gasteiger partial charge in [0.25, 0.3) is 5.91 Å². The van der Waals surface area contributed by atoms with Crippen molar-refractivity contribution in [3.05, 3.63) is 21.9 Å². The number of carbonyl (C=O) groups is 1. The Morgan fingerprint density at radius 3 is 3.17 bits per heavy atom. The largest absolute Gasteiger partial charge is 0.367 e. The van der Waals surface area contributed by atoms with Crippen LogP contribution in [0.5, 0.6) is 0 Å². The lowest BCUT2D eigenvalue weighted by atomic mass is 10.3. The molecule has 8 nitrogen and oxygen atoms in total. The maximum atomic E-state index is 11.5. The van der Waals surface area contributed by atoms with Crippen LogP contribution < -0.4 is 11.2 Å². The molecule has 0 aliphatic rings. The number of nitrogens with two attached hydrogens (primary N) is 1. The molecule has 2 heterocycles. The number of hydrogen-bond donors (Lipinski definition) is 2. The van der Waals surface area contributed by atoms with Crippen molar-refractivity contribution >= 4 is 29.4 Å². The van der Waals surface area contributed by atoms with E-state index in [9.17, 15) is 4.79 Å². The van der Waals surface area contributed by atoms with E-state index in [0.717, 1.165) is 10.4 Å². The molecule has 1 amide bonds. The van der Waals surface area contributed by atoms with Gasteiger partial charge in [-0.3, -0.25) is 4.79 Å². The minimum atomic E-state index is -0.348. The Kier molecular flexibility index (Phi) is 3.63. The quantitative estimate of drug-likeness (QED) is 0.586. The fourth-order valence-electron chi connectivity index (χ4n) is 1.18. The molecule has 3 N–H and O–H groups in total. The van der Waals surface area contributed by atoms with Crippen molar-refractivity contribution in [1.29, 1.82) is 0 Å². The second-order valence-electron chi connectivity index (χ2n) is 3.46. The topological polar surface area (TPSA) is 111 Å². The molecule has 0 saturated carbocycles. The van der Waals surface area contributed by atoms with Crippen molar-refractivity contribution in [3.8, 4) is 0 Å². The number of thiophene rings is 1. The molecule has 2 aromatic rings. The van der Waals surface area contributed by atoms with E-state index in [4.69, 9.17) is 5.73 Å². The van der Waals surface area contributed by atoms with Crippen molar-refractivity contribution in [2.75, 3.05) is 5.73 Å². The third-order valence-corrected chi connectivity index (χ3v) is 3.08. The van der Waals surface area contributed by atoms with Crippen LogP contribution in [-0.2, 0) is 11.3 Å². The van der Waals surface area contributed by atoms with Gasteiger partial charge in [-0.1, -0.05) is 5.10 Å². The summed E-state index contributed by atoms with van der Waals surface area (Å²) in [6, 6.07) is 1.98. The fraction of sp³-hybridized carbons (Fsp3) is 0.222. The van der Waals surface area contributed by atoms with Crippen LogP contribution in [0.3, 0.4) is 0 Å². The second-order valence-corrected chi connectivity index (χ2v) is 4.40. The van der Waals surface area contributed by atoms with E-state index in [2.05, 4.69) is 26.1 Å². The first-order valence-electron chi connectivity index (χ1n) is 5.04. The molecule has 0 radical (unpaired) electrons. The molecule has 18 heavy (non-hydrogen) atoms. The van der Waals surface area contributed by atoms with Crippen molar-refractivity contribution in [1.82, 2.24) is 25.6 Å². The zero-order chi connectivity index (χ0) is 13.0.